The van der Waals surface area contributed by atoms with Gasteiger partial charge in [0, 0.05) is 19.5 Å². The van der Waals surface area contributed by atoms with E-state index in [0.717, 1.165) is 25.7 Å². The number of amides is 2. The van der Waals surface area contributed by atoms with Crippen molar-refractivity contribution in [3.8, 4) is 0 Å². The van der Waals surface area contributed by atoms with Gasteiger partial charge in [-0.05, 0) is 31.7 Å². The molecule has 1 atom stereocenters. The molecule has 5 heteroatoms. The highest BCUT2D eigenvalue weighted by molar-refractivity contribution is 5.85. The van der Waals surface area contributed by atoms with E-state index in [4.69, 9.17) is 5.73 Å². The molecule has 0 aliphatic carbocycles. The van der Waals surface area contributed by atoms with Crippen molar-refractivity contribution in [2.75, 3.05) is 26.2 Å². The Morgan fingerprint density at radius 1 is 1.50 bits per heavy atom. The highest BCUT2D eigenvalue weighted by Crippen LogP contribution is 2.15. The molecule has 3 N–H and O–H groups in total. The van der Waals surface area contributed by atoms with Gasteiger partial charge in [-0.15, -0.1) is 0 Å². The second-order valence-electron chi connectivity index (χ2n) is 4.91. The fourth-order valence-electron chi connectivity index (χ4n) is 2.29. The third-order valence-electron chi connectivity index (χ3n) is 3.53. The van der Waals surface area contributed by atoms with E-state index in [0.29, 0.717) is 32.0 Å². The van der Waals surface area contributed by atoms with Crippen molar-refractivity contribution in [1.29, 1.82) is 0 Å². The van der Waals surface area contributed by atoms with Gasteiger partial charge >= 0.3 is 0 Å². The third kappa shape index (κ3) is 5.04. The molecular formula is C13H25N3O2. The van der Waals surface area contributed by atoms with Crippen LogP contribution >= 0.6 is 0 Å². The number of carbonyl (C=O) groups is 2. The number of hydrogen-bond acceptors (Lipinski definition) is 3. The SMILES string of the molecule is CCC(CCN)CCC(=O)N1CCCNC(=O)C1. The summed E-state index contributed by atoms with van der Waals surface area (Å²) in [5.74, 6) is 0.581. The standard InChI is InChI=1S/C13H25N3O2/c1-2-11(6-7-14)4-5-13(18)16-9-3-8-15-12(17)10-16/h11H,2-10,14H2,1H3,(H,15,17). The molecule has 1 fully saturated rings. The molecule has 0 bridgehead atoms. The molecule has 0 saturated carbocycles. The van der Waals surface area contributed by atoms with Gasteiger partial charge in [-0.2, -0.15) is 0 Å². The lowest BCUT2D eigenvalue weighted by atomic mass is 9.96. The molecule has 5 nitrogen and oxygen atoms in total. The molecule has 2 amide bonds. The van der Waals surface area contributed by atoms with Gasteiger partial charge in [0.1, 0.15) is 0 Å². The van der Waals surface area contributed by atoms with E-state index in [2.05, 4.69) is 12.2 Å². The summed E-state index contributed by atoms with van der Waals surface area (Å²) in [4.78, 5) is 25.1. The van der Waals surface area contributed by atoms with Crippen LogP contribution in [0.4, 0.5) is 0 Å². The molecule has 0 radical (unpaired) electrons. The molecule has 18 heavy (non-hydrogen) atoms. The molecule has 1 saturated heterocycles. The first-order valence-corrected chi connectivity index (χ1v) is 6.92. The highest BCUT2D eigenvalue weighted by atomic mass is 16.2. The Bertz CT molecular complexity index is 281. The second-order valence-corrected chi connectivity index (χ2v) is 4.91. The maximum atomic E-state index is 12.0. The van der Waals surface area contributed by atoms with Crippen molar-refractivity contribution >= 4 is 11.8 Å². The van der Waals surface area contributed by atoms with Gasteiger partial charge in [-0.3, -0.25) is 9.59 Å². The van der Waals surface area contributed by atoms with Crippen molar-refractivity contribution in [3.63, 3.8) is 0 Å². The second kappa shape index (κ2) is 8.08. The van der Waals surface area contributed by atoms with Crippen LogP contribution in [-0.2, 0) is 9.59 Å². The predicted octanol–water partition coefficient (Wildman–Crippen LogP) is 0.490. The molecule has 1 aliphatic rings. The quantitative estimate of drug-likeness (QED) is 0.725. The molecule has 0 aromatic carbocycles. The zero-order chi connectivity index (χ0) is 13.4. The van der Waals surface area contributed by atoms with Gasteiger partial charge in [0.15, 0.2) is 0 Å². The number of hydrogen-bond donors (Lipinski definition) is 2. The van der Waals surface area contributed by atoms with Gasteiger partial charge in [0.05, 0.1) is 6.54 Å². The number of nitrogens with two attached hydrogens (primary N) is 1. The minimum atomic E-state index is -0.0464. The summed E-state index contributed by atoms with van der Waals surface area (Å²) in [7, 11) is 0. The maximum absolute atomic E-state index is 12.0. The zero-order valence-corrected chi connectivity index (χ0v) is 11.3. The van der Waals surface area contributed by atoms with E-state index in [1.807, 2.05) is 0 Å². The molecule has 0 aromatic heterocycles. The minimum absolute atomic E-state index is 0.0464. The Morgan fingerprint density at radius 3 is 2.94 bits per heavy atom. The van der Waals surface area contributed by atoms with E-state index >= 15 is 0 Å². The summed E-state index contributed by atoms with van der Waals surface area (Å²) in [6.45, 7) is 4.38. The van der Waals surface area contributed by atoms with Gasteiger partial charge in [-0.25, -0.2) is 0 Å². The lowest BCUT2D eigenvalue weighted by Gasteiger charge is -2.20. The van der Waals surface area contributed by atoms with Crippen molar-refractivity contribution in [2.24, 2.45) is 11.7 Å². The predicted molar refractivity (Wildman–Crippen MR) is 70.9 cm³/mol. The largest absolute Gasteiger partial charge is 0.354 e. The van der Waals surface area contributed by atoms with Crippen LogP contribution < -0.4 is 11.1 Å². The summed E-state index contributed by atoms with van der Waals surface area (Å²) < 4.78 is 0. The average molecular weight is 255 g/mol. The number of rotatable bonds is 6. The summed E-state index contributed by atoms with van der Waals surface area (Å²) in [5.41, 5.74) is 5.54. The molecule has 1 aliphatic heterocycles. The van der Waals surface area contributed by atoms with Crippen LogP contribution in [0.3, 0.4) is 0 Å². The van der Waals surface area contributed by atoms with Gasteiger partial charge in [0.2, 0.25) is 11.8 Å². The Labute approximate surface area is 109 Å². The minimum Gasteiger partial charge on any atom is -0.354 e. The third-order valence-corrected chi connectivity index (χ3v) is 3.53. The Hall–Kier alpha value is -1.10. The molecule has 1 unspecified atom stereocenters. The van der Waals surface area contributed by atoms with Crippen LogP contribution in [0.2, 0.25) is 0 Å². The van der Waals surface area contributed by atoms with Crippen molar-refractivity contribution < 1.29 is 9.59 Å². The van der Waals surface area contributed by atoms with Gasteiger partial charge in [-0.1, -0.05) is 13.3 Å². The van der Waals surface area contributed by atoms with Crippen molar-refractivity contribution in [1.82, 2.24) is 10.2 Å². The fourth-order valence-corrected chi connectivity index (χ4v) is 2.29. The average Bonchev–Trinajstić information content (AvgIpc) is 2.58. The Balaban J connectivity index is 2.36. The first-order valence-electron chi connectivity index (χ1n) is 6.92. The van der Waals surface area contributed by atoms with Gasteiger partial charge in [0.25, 0.3) is 0 Å². The maximum Gasteiger partial charge on any atom is 0.239 e. The molecule has 1 heterocycles. The van der Waals surface area contributed by atoms with E-state index < -0.39 is 0 Å². The van der Waals surface area contributed by atoms with Crippen LogP contribution in [0, 0.1) is 5.92 Å². The lowest BCUT2D eigenvalue weighted by Crippen LogP contribution is -2.37. The smallest absolute Gasteiger partial charge is 0.239 e. The lowest BCUT2D eigenvalue weighted by molar-refractivity contribution is -0.135. The Kier molecular flexibility index (Phi) is 6.72. The number of carbonyl (C=O) groups excluding carboxylic acids is 2. The normalized spacial score (nSPS) is 18.1. The van der Waals surface area contributed by atoms with E-state index in [9.17, 15) is 9.59 Å². The number of nitrogens with zero attached hydrogens (tertiary/aromatic N) is 1. The first kappa shape index (κ1) is 15.0. The fraction of sp³-hybridized carbons (Fsp3) is 0.846. The summed E-state index contributed by atoms with van der Waals surface area (Å²) >= 11 is 0. The molecular weight excluding hydrogens is 230 g/mol. The van der Waals surface area contributed by atoms with E-state index in [-0.39, 0.29) is 18.4 Å². The molecule has 0 spiro atoms. The molecule has 104 valence electrons. The summed E-state index contributed by atoms with van der Waals surface area (Å²) in [6, 6.07) is 0. The highest BCUT2D eigenvalue weighted by Gasteiger charge is 2.20. The van der Waals surface area contributed by atoms with Crippen molar-refractivity contribution in [2.45, 2.75) is 39.0 Å². The topological polar surface area (TPSA) is 75.4 Å². The van der Waals surface area contributed by atoms with Crippen LogP contribution in [-0.4, -0.2) is 42.9 Å². The summed E-state index contributed by atoms with van der Waals surface area (Å²) in [5, 5.41) is 2.78. The molecule has 0 aromatic rings. The van der Waals surface area contributed by atoms with Crippen molar-refractivity contribution in [3.05, 3.63) is 0 Å². The number of nitrogens with one attached hydrogen (secondary N) is 1. The van der Waals surface area contributed by atoms with Crippen LogP contribution in [0.25, 0.3) is 0 Å². The van der Waals surface area contributed by atoms with E-state index in [1.165, 1.54) is 0 Å². The monoisotopic (exact) mass is 255 g/mol. The van der Waals surface area contributed by atoms with E-state index in [1.54, 1.807) is 4.90 Å². The van der Waals surface area contributed by atoms with Gasteiger partial charge < -0.3 is 16.0 Å². The zero-order valence-electron chi connectivity index (χ0n) is 11.3. The van der Waals surface area contributed by atoms with Crippen LogP contribution in [0.1, 0.15) is 39.0 Å². The van der Waals surface area contributed by atoms with Crippen LogP contribution in [0.15, 0.2) is 0 Å². The van der Waals surface area contributed by atoms with Crippen LogP contribution in [0.5, 0.6) is 0 Å². The Morgan fingerprint density at radius 2 is 2.28 bits per heavy atom. The summed E-state index contributed by atoms with van der Waals surface area (Å²) in [6.07, 6.45) is 4.29. The molecule has 1 rings (SSSR count). The first-order chi connectivity index (χ1) is 8.67.